The summed E-state index contributed by atoms with van der Waals surface area (Å²) in [6, 6.07) is 0. The van der Waals surface area contributed by atoms with Crippen LogP contribution >= 0.6 is 0 Å². The van der Waals surface area contributed by atoms with Crippen molar-refractivity contribution in [3.63, 3.8) is 0 Å². The van der Waals surface area contributed by atoms with Crippen molar-refractivity contribution in [2.45, 2.75) is 13.2 Å². The first-order valence-electron chi connectivity index (χ1n) is 3.60. The van der Waals surface area contributed by atoms with Gasteiger partial charge in [0.05, 0.1) is 0 Å². The summed E-state index contributed by atoms with van der Waals surface area (Å²) < 4.78 is 9.49. The number of carboxylic acid groups (broad SMARTS) is 1. The zero-order chi connectivity index (χ0) is 9.84. The molecule has 0 saturated heterocycles. The first-order chi connectivity index (χ1) is 6.20. The number of nitrogens with zero attached hydrogens (tertiary/aromatic N) is 1. The van der Waals surface area contributed by atoms with Crippen LogP contribution in [0.15, 0.2) is 4.52 Å². The fourth-order valence-corrected chi connectivity index (χ4v) is 0.974. The molecule has 0 aliphatic heterocycles. The van der Waals surface area contributed by atoms with Gasteiger partial charge in [0.25, 0.3) is 0 Å². The number of nitrogens with two attached hydrogens (primary N) is 1. The third-order valence-corrected chi connectivity index (χ3v) is 1.52. The molecule has 1 aromatic rings. The number of aromatic carboxylic acids is 1. The third-order valence-electron chi connectivity index (χ3n) is 1.52. The molecular formula is C7H10N2O4. The molecule has 13 heavy (non-hydrogen) atoms. The molecule has 0 spiro atoms. The van der Waals surface area contributed by atoms with E-state index in [9.17, 15) is 4.79 Å². The molecule has 0 unspecified atom stereocenters. The number of ether oxygens (including phenoxy) is 1. The van der Waals surface area contributed by atoms with E-state index in [1.54, 1.807) is 0 Å². The lowest BCUT2D eigenvalue weighted by molar-refractivity contribution is 0.0687. The van der Waals surface area contributed by atoms with Gasteiger partial charge in [-0.1, -0.05) is 5.16 Å². The second-order valence-electron chi connectivity index (χ2n) is 2.37. The average molecular weight is 186 g/mol. The molecule has 1 aromatic heterocycles. The SMILES string of the molecule is COCc1onc(CN)c1C(=O)O. The van der Waals surface area contributed by atoms with E-state index in [4.69, 9.17) is 20.1 Å². The van der Waals surface area contributed by atoms with Gasteiger partial charge < -0.3 is 20.1 Å². The first-order valence-corrected chi connectivity index (χ1v) is 3.60. The Hall–Kier alpha value is -1.40. The third kappa shape index (κ3) is 1.85. The van der Waals surface area contributed by atoms with Gasteiger partial charge in [-0.3, -0.25) is 0 Å². The maximum atomic E-state index is 10.7. The molecule has 6 heteroatoms. The Morgan fingerprint density at radius 2 is 2.46 bits per heavy atom. The number of carbonyl (C=O) groups is 1. The van der Waals surface area contributed by atoms with Crippen LogP contribution in [-0.4, -0.2) is 23.3 Å². The van der Waals surface area contributed by atoms with Crippen molar-refractivity contribution in [2.24, 2.45) is 5.73 Å². The van der Waals surface area contributed by atoms with Gasteiger partial charge in [0.2, 0.25) is 0 Å². The molecule has 0 atom stereocenters. The number of aromatic nitrogens is 1. The smallest absolute Gasteiger partial charge is 0.341 e. The fraction of sp³-hybridized carbons (Fsp3) is 0.429. The van der Waals surface area contributed by atoms with Crippen LogP contribution in [0, 0.1) is 0 Å². The molecule has 0 radical (unpaired) electrons. The number of hydrogen-bond donors (Lipinski definition) is 2. The number of methoxy groups -OCH3 is 1. The van der Waals surface area contributed by atoms with Crippen molar-refractivity contribution in [3.05, 3.63) is 17.0 Å². The van der Waals surface area contributed by atoms with Crippen molar-refractivity contribution >= 4 is 5.97 Å². The maximum Gasteiger partial charge on any atom is 0.341 e. The van der Waals surface area contributed by atoms with E-state index in [1.807, 2.05) is 0 Å². The molecule has 1 heterocycles. The van der Waals surface area contributed by atoms with Gasteiger partial charge in [0.15, 0.2) is 5.76 Å². The Morgan fingerprint density at radius 1 is 1.77 bits per heavy atom. The summed E-state index contributed by atoms with van der Waals surface area (Å²) >= 11 is 0. The predicted octanol–water partition coefficient (Wildman–Crippen LogP) is -0.0221. The molecule has 0 aliphatic rings. The summed E-state index contributed by atoms with van der Waals surface area (Å²) in [7, 11) is 1.44. The van der Waals surface area contributed by atoms with Crippen LogP contribution in [0.5, 0.6) is 0 Å². The first kappa shape index (κ1) is 9.69. The van der Waals surface area contributed by atoms with Gasteiger partial charge in [-0.2, -0.15) is 0 Å². The van der Waals surface area contributed by atoms with Crippen molar-refractivity contribution in [1.29, 1.82) is 0 Å². The number of rotatable bonds is 4. The van der Waals surface area contributed by atoms with E-state index in [0.717, 1.165) is 0 Å². The van der Waals surface area contributed by atoms with Crippen molar-refractivity contribution < 1.29 is 19.2 Å². The van der Waals surface area contributed by atoms with E-state index in [-0.39, 0.29) is 30.2 Å². The molecule has 0 aliphatic carbocycles. The average Bonchev–Trinajstić information content (AvgIpc) is 2.48. The Balaban J connectivity index is 3.06. The van der Waals surface area contributed by atoms with Crippen LogP contribution in [-0.2, 0) is 17.9 Å². The quantitative estimate of drug-likeness (QED) is 0.685. The minimum absolute atomic E-state index is 0.00403. The summed E-state index contributed by atoms with van der Waals surface area (Å²) in [6.45, 7) is 0.115. The van der Waals surface area contributed by atoms with Crippen molar-refractivity contribution in [1.82, 2.24) is 5.16 Å². The molecule has 3 N–H and O–H groups in total. The predicted molar refractivity (Wildman–Crippen MR) is 42.1 cm³/mol. The molecule has 6 nitrogen and oxygen atoms in total. The molecule has 0 saturated carbocycles. The van der Waals surface area contributed by atoms with Gasteiger partial charge in [-0.25, -0.2) is 4.79 Å². The van der Waals surface area contributed by atoms with Crippen LogP contribution in [0.1, 0.15) is 21.8 Å². The molecule has 72 valence electrons. The lowest BCUT2D eigenvalue weighted by Gasteiger charge is -1.95. The lowest BCUT2D eigenvalue weighted by Crippen LogP contribution is -2.07. The minimum Gasteiger partial charge on any atom is -0.477 e. The van der Waals surface area contributed by atoms with Gasteiger partial charge in [0, 0.05) is 13.7 Å². The largest absolute Gasteiger partial charge is 0.477 e. The number of hydrogen-bond acceptors (Lipinski definition) is 5. The summed E-state index contributed by atoms with van der Waals surface area (Å²) in [4.78, 5) is 10.7. The van der Waals surface area contributed by atoms with Crippen LogP contribution in [0.25, 0.3) is 0 Å². The van der Waals surface area contributed by atoms with Crippen LogP contribution in [0.3, 0.4) is 0 Å². The second-order valence-corrected chi connectivity index (χ2v) is 2.37. The minimum atomic E-state index is -1.10. The van der Waals surface area contributed by atoms with Crippen LogP contribution in [0.2, 0.25) is 0 Å². The van der Waals surface area contributed by atoms with E-state index in [0.29, 0.717) is 0 Å². The van der Waals surface area contributed by atoms with E-state index < -0.39 is 5.97 Å². The fourth-order valence-electron chi connectivity index (χ4n) is 0.974. The maximum absolute atomic E-state index is 10.7. The highest BCUT2D eigenvalue weighted by atomic mass is 16.5. The normalized spacial score (nSPS) is 10.3. The van der Waals surface area contributed by atoms with Gasteiger partial charge in [-0.15, -0.1) is 0 Å². The molecular weight excluding hydrogens is 176 g/mol. The van der Waals surface area contributed by atoms with Crippen molar-refractivity contribution in [2.75, 3.05) is 7.11 Å². The molecule has 0 bridgehead atoms. The highest BCUT2D eigenvalue weighted by molar-refractivity contribution is 5.89. The highest BCUT2D eigenvalue weighted by Gasteiger charge is 2.20. The molecule has 0 amide bonds. The van der Waals surface area contributed by atoms with E-state index >= 15 is 0 Å². The van der Waals surface area contributed by atoms with Gasteiger partial charge in [0.1, 0.15) is 17.9 Å². The van der Waals surface area contributed by atoms with Gasteiger partial charge >= 0.3 is 5.97 Å². The molecule has 0 aromatic carbocycles. The van der Waals surface area contributed by atoms with E-state index in [2.05, 4.69) is 5.16 Å². The zero-order valence-electron chi connectivity index (χ0n) is 7.11. The Bertz CT molecular complexity index is 307. The standard InChI is InChI=1S/C7H10N2O4/c1-12-3-5-6(7(10)11)4(2-8)9-13-5/h2-3,8H2,1H3,(H,10,11). The number of carboxylic acids is 1. The van der Waals surface area contributed by atoms with Crippen LogP contribution in [0.4, 0.5) is 0 Å². The van der Waals surface area contributed by atoms with Gasteiger partial charge in [-0.05, 0) is 0 Å². The molecule has 0 fully saturated rings. The zero-order valence-corrected chi connectivity index (χ0v) is 7.11. The van der Waals surface area contributed by atoms with Crippen molar-refractivity contribution in [3.8, 4) is 0 Å². The lowest BCUT2D eigenvalue weighted by atomic mass is 10.2. The Kier molecular flexibility index (Phi) is 2.99. The molecule has 1 rings (SSSR count). The Labute approximate surface area is 74.3 Å². The monoisotopic (exact) mass is 186 g/mol. The summed E-state index contributed by atoms with van der Waals surface area (Å²) in [5, 5.41) is 12.3. The Morgan fingerprint density at radius 3 is 2.92 bits per heavy atom. The highest BCUT2D eigenvalue weighted by Crippen LogP contribution is 2.14. The summed E-state index contributed by atoms with van der Waals surface area (Å²) in [5.74, 6) is -0.913. The second kappa shape index (κ2) is 4.01. The van der Waals surface area contributed by atoms with E-state index in [1.165, 1.54) is 7.11 Å². The summed E-state index contributed by atoms with van der Waals surface area (Å²) in [6.07, 6.45) is 0. The topological polar surface area (TPSA) is 98.6 Å². The van der Waals surface area contributed by atoms with Crippen LogP contribution < -0.4 is 5.73 Å². The summed E-state index contributed by atoms with van der Waals surface area (Å²) in [5.41, 5.74) is 5.51.